The normalized spacial score (nSPS) is 17.4. The Kier molecular flexibility index (Phi) is 5.12. The Hall–Kier alpha value is -1.69. The summed E-state index contributed by atoms with van der Waals surface area (Å²) in [5.41, 5.74) is 1.27. The van der Waals surface area contributed by atoms with E-state index in [2.05, 4.69) is 28.1 Å². The smallest absolute Gasteiger partial charge is 0.230 e. The summed E-state index contributed by atoms with van der Waals surface area (Å²) in [6.45, 7) is 8.15. The topological polar surface area (TPSA) is 62.5 Å². The maximum atomic E-state index is 11.5. The van der Waals surface area contributed by atoms with Crippen LogP contribution < -0.4 is 0 Å². The molecule has 0 spiro atoms. The molecule has 0 radical (unpaired) electrons. The molecule has 0 saturated carbocycles. The van der Waals surface area contributed by atoms with E-state index in [-0.39, 0.29) is 11.9 Å². The molecule has 0 aromatic carbocycles. The van der Waals surface area contributed by atoms with Crippen molar-refractivity contribution in [2.75, 3.05) is 20.1 Å². The first kappa shape index (κ1) is 15.7. The van der Waals surface area contributed by atoms with Crippen LogP contribution in [0.15, 0.2) is 16.1 Å². The van der Waals surface area contributed by atoms with Gasteiger partial charge in [0.1, 0.15) is 0 Å². The minimum atomic E-state index is 0.0880. The largest absolute Gasteiger partial charge is 0.424 e. The second-order valence-corrected chi connectivity index (χ2v) is 5.53. The van der Waals surface area contributed by atoms with Crippen molar-refractivity contribution >= 4 is 5.91 Å². The molecule has 2 heterocycles. The summed E-state index contributed by atoms with van der Waals surface area (Å²) >= 11 is 0. The van der Waals surface area contributed by atoms with Crippen molar-refractivity contribution in [3.05, 3.63) is 23.4 Å². The second-order valence-electron chi connectivity index (χ2n) is 5.53. The first-order valence-corrected chi connectivity index (χ1v) is 7.47. The number of hydrogen-bond donors (Lipinski definition) is 0. The van der Waals surface area contributed by atoms with E-state index in [1.54, 1.807) is 11.8 Å². The number of likely N-dealkylation sites (N-methyl/N-ethyl adjacent to an activating group) is 1. The molecule has 0 aliphatic carbocycles. The molecular weight excluding hydrogens is 268 g/mol. The van der Waals surface area contributed by atoms with Crippen LogP contribution in [0.3, 0.4) is 0 Å². The fourth-order valence-corrected chi connectivity index (χ4v) is 2.48. The highest BCUT2D eigenvalue weighted by atomic mass is 16.4. The number of aryl methyl sites for hydroxylation is 1. The number of nitrogens with zero attached hydrogens (tertiary/aromatic N) is 4. The van der Waals surface area contributed by atoms with Gasteiger partial charge in [-0.25, -0.2) is 0 Å². The molecule has 0 bridgehead atoms. The van der Waals surface area contributed by atoms with Crippen molar-refractivity contribution in [3.63, 3.8) is 0 Å². The molecule has 1 atom stereocenters. The Bertz CT molecular complexity index is 523. The van der Waals surface area contributed by atoms with Gasteiger partial charge in [0.25, 0.3) is 0 Å². The van der Waals surface area contributed by atoms with Crippen molar-refractivity contribution in [2.24, 2.45) is 0 Å². The van der Waals surface area contributed by atoms with E-state index in [9.17, 15) is 4.79 Å². The SMILES string of the molecule is CCc1nnc(CN2CCC=C(C(C)N(C)C(C)=O)C2)o1. The zero-order chi connectivity index (χ0) is 15.4. The fraction of sp³-hybridized carbons (Fsp3) is 0.667. The van der Waals surface area contributed by atoms with E-state index in [4.69, 9.17) is 4.42 Å². The lowest BCUT2D eigenvalue weighted by atomic mass is 10.0. The molecule has 21 heavy (non-hydrogen) atoms. The highest BCUT2D eigenvalue weighted by molar-refractivity contribution is 5.73. The summed E-state index contributed by atoms with van der Waals surface area (Å²) in [5, 5.41) is 8.07. The minimum absolute atomic E-state index is 0.0880. The molecule has 1 amide bonds. The van der Waals surface area contributed by atoms with Crippen molar-refractivity contribution in [3.8, 4) is 0 Å². The molecule has 0 N–H and O–H groups in total. The zero-order valence-corrected chi connectivity index (χ0v) is 13.3. The molecule has 6 heteroatoms. The van der Waals surface area contributed by atoms with Gasteiger partial charge in [0, 0.05) is 33.5 Å². The number of aromatic nitrogens is 2. The highest BCUT2D eigenvalue weighted by Gasteiger charge is 2.22. The average Bonchev–Trinajstić information content (AvgIpc) is 2.93. The van der Waals surface area contributed by atoms with Crippen LogP contribution in [-0.4, -0.2) is 52.1 Å². The van der Waals surface area contributed by atoms with Crippen LogP contribution in [0.25, 0.3) is 0 Å². The van der Waals surface area contributed by atoms with Crippen LogP contribution in [0, 0.1) is 0 Å². The fourth-order valence-electron chi connectivity index (χ4n) is 2.48. The van der Waals surface area contributed by atoms with Crippen LogP contribution in [0.2, 0.25) is 0 Å². The Balaban J connectivity index is 1.96. The Labute approximate surface area is 125 Å². The molecule has 1 aromatic heterocycles. The zero-order valence-electron chi connectivity index (χ0n) is 13.3. The van der Waals surface area contributed by atoms with Crippen LogP contribution in [-0.2, 0) is 17.8 Å². The predicted octanol–water partition coefficient (Wildman–Crippen LogP) is 1.63. The maximum absolute atomic E-state index is 11.5. The summed E-state index contributed by atoms with van der Waals surface area (Å²) in [6.07, 6.45) is 3.99. The number of rotatable bonds is 5. The van der Waals surface area contributed by atoms with Gasteiger partial charge < -0.3 is 9.32 Å². The molecule has 2 rings (SSSR count). The van der Waals surface area contributed by atoms with Crippen LogP contribution in [0.1, 0.15) is 39.0 Å². The third-order valence-electron chi connectivity index (χ3n) is 4.04. The first-order valence-electron chi connectivity index (χ1n) is 7.47. The number of carbonyl (C=O) groups is 1. The van der Waals surface area contributed by atoms with Crippen LogP contribution in [0.4, 0.5) is 0 Å². The van der Waals surface area contributed by atoms with E-state index >= 15 is 0 Å². The van der Waals surface area contributed by atoms with Gasteiger partial charge in [-0.2, -0.15) is 0 Å². The molecule has 6 nitrogen and oxygen atoms in total. The van der Waals surface area contributed by atoms with Gasteiger partial charge >= 0.3 is 0 Å². The Morgan fingerprint density at radius 2 is 2.19 bits per heavy atom. The van der Waals surface area contributed by atoms with Crippen molar-refractivity contribution in [1.29, 1.82) is 0 Å². The summed E-state index contributed by atoms with van der Waals surface area (Å²) in [7, 11) is 1.85. The van der Waals surface area contributed by atoms with E-state index in [1.807, 2.05) is 14.0 Å². The second kappa shape index (κ2) is 6.85. The van der Waals surface area contributed by atoms with Gasteiger partial charge in [-0.05, 0) is 18.9 Å². The molecular formula is C15H24N4O2. The summed E-state index contributed by atoms with van der Waals surface area (Å²) in [5.74, 6) is 1.44. The third kappa shape index (κ3) is 3.91. The molecule has 1 unspecified atom stereocenters. The first-order chi connectivity index (χ1) is 10.0. The average molecular weight is 292 g/mol. The van der Waals surface area contributed by atoms with Gasteiger partial charge in [0.2, 0.25) is 17.7 Å². The van der Waals surface area contributed by atoms with Crippen LogP contribution >= 0.6 is 0 Å². The van der Waals surface area contributed by atoms with Crippen molar-refractivity contribution < 1.29 is 9.21 Å². The Morgan fingerprint density at radius 3 is 2.81 bits per heavy atom. The molecule has 116 valence electrons. The minimum Gasteiger partial charge on any atom is -0.424 e. The van der Waals surface area contributed by atoms with Gasteiger partial charge in [0.15, 0.2) is 0 Å². The maximum Gasteiger partial charge on any atom is 0.230 e. The molecule has 1 aliphatic heterocycles. The third-order valence-corrected chi connectivity index (χ3v) is 4.04. The van der Waals surface area contributed by atoms with E-state index in [0.717, 1.165) is 25.9 Å². The highest BCUT2D eigenvalue weighted by Crippen LogP contribution is 2.18. The lowest BCUT2D eigenvalue weighted by Gasteiger charge is -2.32. The van der Waals surface area contributed by atoms with E-state index in [1.165, 1.54) is 5.57 Å². The van der Waals surface area contributed by atoms with Crippen LogP contribution in [0.5, 0.6) is 0 Å². The van der Waals surface area contributed by atoms with Gasteiger partial charge in [-0.1, -0.05) is 13.0 Å². The van der Waals surface area contributed by atoms with Gasteiger partial charge in [-0.15, -0.1) is 10.2 Å². The summed E-state index contributed by atoms with van der Waals surface area (Å²) in [4.78, 5) is 15.5. The van der Waals surface area contributed by atoms with E-state index in [0.29, 0.717) is 18.3 Å². The van der Waals surface area contributed by atoms with E-state index < -0.39 is 0 Å². The van der Waals surface area contributed by atoms with Gasteiger partial charge in [-0.3, -0.25) is 9.69 Å². The monoisotopic (exact) mass is 292 g/mol. The predicted molar refractivity (Wildman–Crippen MR) is 79.6 cm³/mol. The molecule has 1 aromatic rings. The van der Waals surface area contributed by atoms with Crippen molar-refractivity contribution in [2.45, 2.75) is 46.2 Å². The lowest BCUT2D eigenvalue weighted by Crippen LogP contribution is -2.40. The molecule has 1 aliphatic rings. The quantitative estimate of drug-likeness (QED) is 0.772. The lowest BCUT2D eigenvalue weighted by molar-refractivity contribution is -0.128. The number of carbonyl (C=O) groups excluding carboxylic acids is 1. The van der Waals surface area contributed by atoms with Crippen molar-refractivity contribution in [1.82, 2.24) is 20.0 Å². The number of amides is 1. The summed E-state index contributed by atoms with van der Waals surface area (Å²) < 4.78 is 5.57. The summed E-state index contributed by atoms with van der Waals surface area (Å²) in [6, 6.07) is 0.124. The standard InChI is InChI=1S/C15H24N4O2/c1-5-14-16-17-15(21-14)10-19-8-6-7-13(9-19)11(2)18(4)12(3)20/h7,11H,5-6,8-10H2,1-4H3. The molecule has 0 saturated heterocycles. The Morgan fingerprint density at radius 1 is 1.48 bits per heavy atom. The number of hydrogen-bond acceptors (Lipinski definition) is 5. The van der Waals surface area contributed by atoms with Gasteiger partial charge in [0.05, 0.1) is 12.6 Å². The molecule has 0 fully saturated rings.